The molecule has 2 aromatic heterocycles. The Balaban J connectivity index is 2.34. The van der Waals surface area contributed by atoms with Crippen molar-refractivity contribution in [1.82, 2.24) is 9.38 Å². The molecule has 2 rings (SSSR count). The number of methoxy groups -OCH3 is 1. The topological polar surface area (TPSA) is 43.6 Å². The van der Waals surface area contributed by atoms with Crippen LogP contribution in [-0.4, -0.2) is 22.5 Å². The molecule has 0 N–H and O–H groups in total. The van der Waals surface area contributed by atoms with Crippen LogP contribution in [0.1, 0.15) is 5.69 Å². The Morgan fingerprint density at radius 2 is 2.47 bits per heavy atom. The van der Waals surface area contributed by atoms with Crippen molar-refractivity contribution < 1.29 is 9.53 Å². The van der Waals surface area contributed by atoms with Gasteiger partial charge in [0.1, 0.15) is 5.65 Å². The molecule has 0 unspecified atom stereocenters. The lowest BCUT2D eigenvalue weighted by Crippen LogP contribution is -2.04. The predicted octanol–water partition coefficient (Wildman–Crippen LogP) is 1.81. The molecule has 78 valence electrons. The Hall–Kier alpha value is -1.36. The summed E-state index contributed by atoms with van der Waals surface area (Å²) in [5.41, 5.74) is 1.52. The van der Waals surface area contributed by atoms with E-state index in [0.29, 0.717) is 5.69 Å². The average molecular weight is 269 g/mol. The number of rotatable bonds is 2. The van der Waals surface area contributed by atoms with Gasteiger partial charge in [0, 0.05) is 16.9 Å². The fourth-order valence-electron chi connectivity index (χ4n) is 1.31. The van der Waals surface area contributed by atoms with Crippen LogP contribution in [0.25, 0.3) is 5.65 Å². The van der Waals surface area contributed by atoms with Gasteiger partial charge in [-0.25, -0.2) is 4.98 Å². The summed E-state index contributed by atoms with van der Waals surface area (Å²) in [5, 5.41) is 0. The lowest BCUT2D eigenvalue weighted by Gasteiger charge is -1.92. The van der Waals surface area contributed by atoms with Gasteiger partial charge in [0.15, 0.2) is 0 Å². The molecule has 0 aliphatic carbocycles. The number of hydrogen-bond donors (Lipinski definition) is 0. The zero-order chi connectivity index (χ0) is 10.8. The maximum absolute atomic E-state index is 11.0. The summed E-state index contributed by atoms with van der Waals surface area (Å²) in [4.78, 5) is 15.3. The summed E-state index contributed by atoms with van der Waals surface area (Å²) in [5.74, 6) is -0.280. The van der Waals surface area contributed by atoms with E-state index in [9.17, 15) is 4.79 Å². The fourth-order valence-corrected chi connectivity index (χ4v) is 1.64. The molecule has 0 saturated carbocycles. The van der Waals surface area contributed by atoms with E-state index in [1.54, 1.807) is 0 Å². The minimum absolute atomic E-state index is 0.204. The number of hydrogen-bond acceptors (Lipinski definition) is 3. The molecule has 0 aromatic carbocycles. The molecule has 0 aliphatic rings. The van der Waals surface area contributed by atoms with Crippen molar-refractivity contribution in [2.75, 3.05) is 7.11 Å². The molecule has 2 aromatic rings. The quantitative estimate of drug-likeness (QED) is 0.781. The SMILES string of the molecule is COC(=O)Cc1cn2ccc(Br)cc2n1. The van der Waals surface area contributed by atoms with Crippen molar-refractivity contribution in [3.63, 3.8) is 0 Å². The van der Waals surface area contributed by atoms with Gasteiger partial charge in [-0.2, -0.15) is 0 Å². The highest BCUT2D eigenvalue weighted by molar-refractivity contribution is 9.10. The number of ether oxygens (including phenoxy) is 1. The van der Waals surface area contributed by atoms with Crippen LogP contribution in [0.4, 0.5) is 0 Å². The van der Waals surface area contributed by atoms with Crippen LogP contribution >= 0.6 is 15.9 Å². The van der Waals surface area contributed by atoms with Crippen LogP contribution in [0, 0.1) is 0 Å². The Bertz CT molecular complexity index is 507. The third-order valence-electron chi connectivity index (χ3n) is 2.03. The number of carbonyl (C=O) groups is 1. The van der Waals surface area contributed by atoms with E-state index in [2.05, 4.69) is 25.7 Å². The smallest absolute Gasteiger partial charge is 0.311 e. The number of fused-ring (bicyclic) bond motifs is 1. The first-order valence-corrected chi connectivity index (χ1v) is 5.18. The minimum Gasteiger partial charge on any atom is -0.469 e. The lowest BCUT2D eigenvalue weighted by atomic mass is 10.3. The third kappa shape index (κ3) is 2.18. The third-order valence-corrected chi connectivity index (χ3v) is 2.52. The lowest BCUT2D eigenvalue weighted by molar-refractivity contribution is -0.139. The van der Waals surface area contributed by atoms with Gasteiger partial charge >= 0.3 is 5.97 Å². The fraction of sp³-hybridized carbons (Fsp3) is 0.200. The molecule has 0 radical (unpaired) electrons. The first-order valence-electron chi connectivity index (χ1n) is 4.39. The van der Waals surface area contributed by atoms with E-state index in [-0.39, 0.29) is 12.4 Å². The highest BCUT2D eigenvalue weighted by Crippen LogP contribution is 2.13. The van der Waals surface area contributed by atoms with Gasteiger partial charge < -0.3 is 9.14 Å². The monoisotopic (exact) mass is 268 g/mol. The second-order valence-corrected chi connectivity index (χ2v) is 4.01. The van der Waals surface area contributed by atoms with Crippen LogP contribution < -0.4 is 0 Å². The molecule has 0 saturated heterocycles. The first-order chi connectivity index (χ1) is 7.19. The van der Waals surface area contributed by atoms with Crippen LogP contribution in [0.5, 0.6) is 0 Å². The van der Waals surface area contributed by atoms with Gasteiger partial charge in [0.2, 0.25) is 0 Å². The number of nitrogens with zero attached hydrogens (tertiary/aromatic N) is 2. The number of pyridine rings is 1. The van der Waals surface area contributed by atoms with Crippen LogP contribution in [0.3, 0.4) is 0 Å². The Kier molecular flexibility index (Phi) is 2.73. The van der Waals surface area contributed by atoms with Crippen molar-refractivity contribution in [2.45, 2.75) is 6.42 Å². The number of aromatic nitrogens is 2. The second kappa shape index (κ2) is 4.02. The van der Waals surface area contributed by atoms with Gasteiger partial charge in [0.25, 0.3) is 0 Å². The first kappa shape index (κ1) is 10.2. The zero-order valence-electron chi connectivity index (χ0n) is 8.11. The molecule has 0 aliphatic heterocycles. The van der Waals surface area contributed by atoms with E-state index in [4.69, 9.17) is 0 Å². The average Bonchev–Trinajstić information content (AvgIpc) is 2.59. The Morgan fingerprint density at radius 3 is 3.20 bits per heavy atom. The summed E-state index contributed by atoms with van der Waals surface area (Å²) in [7, 11) is 1.37. The Morgan fingerprint density at radius 1 is 1.67 bits per heavy atom. The molecule has 2 heterocycles. The van der Waals surface area contributed by atoms with Crippen LogP contribution in [0.15, 0.2) is 29.0 Å². The second-order valence-electron chi connectivity index (χ2n) is 3.10. The van der Waals surface area contributed by atoms with Crippen molar-refractivity contribution in [1.29, 1.82) is 0 Å². The molecule has 15 heavy (non-hydrogen) atoms. The number of halogens is 1. The highest BCUT2D eigenvalue weighted by atomic mass is 79.9. The van der Waals surface area contributed by atoms with E-state index in [1.165, 1.54) is 7.11 Å². The van der Waals surface area contributed by atoms with Gasteiger partial charge in [-0.1, -0.05) is 15.9 Å². The largest absolute Gasteiger partial charge is 0.469 e. The van der Waals surface area contributed by atoms with Gasteiger partial charge in [-0.15, -0.1) is 0 Å². The van der Waals surface area contributed by atoms with Crippen molar-refractivity contribution in [3.8, 4) is 0 Å². The maximum Gasteiger partial charge on any atom is 0.311 e. The van der Waals surface area contributed by atoms with Gasteiger partial charge in [-0.3, -0.25) is 4.79 Å². The molecule has 0 amide bonds. The zero-order valence-corrected chi connectivity index (χ0v) is 9.69. The van der Waals surface area contributed by atoms with E-state index < -0.39 is 0 Å². The molecule has 5 heteroatoms. The van der Waals surface area contributed by atoms with Crippen LogP contribution in [0.2, 0.25) is 0 Å². The van der Waals surface area contributed by atoms with Crippen LogP contribution in [-0.2, 0) is 16.0 Å². The molecule has 0 atom stereocenters. The number of imidazole rings is 1. The molecule has 0 spiro atoms. The van der Waals surface area contributed by atoms with Gasteiger partial charge in [-0.05, 0) is 12.1 Å². The molecule has 0 bridgehead atoms. The van der Waals surface area contributed by atoms with E-state index >= 15 is 0 Å². The van der Waals surface area contributed by atoms with Crippen molar-refractivity contribution in [2.24, 2.45) is 0 Å². The normalized spacial score (nSPS) is 10.5. The van der Waals surface area contributed by atoms with Gasteiger partial charge in [0.05, 0.1) is 19.2 Å². The minimum atomic E-state index is -0.280. The number of esters is 1. The standard InChI is InChI=1S/C10H9BrN2O2/c1-15-10(14)5-8-6-13-3-2-7(11)4-9(13)12-8/h2-4,6H,5H2,1H3. The maximum atomic E-state index is 11.0. The molecule has 0 fully saturated rings. The summed E-state index contributed by atoms with van der Waals surface area (Å²) >= 11 is 3.36. The molecular formula is C10H9BrN2O2. The number of carbonyl (C=O) groups excluding carboxylic acids is 1. The van der Waals surface area contributed by atoms with Crippen molar-refractivity contribution in [3.05, 3.63) is 34.7 Å². The van der Waals surface area contributed by atoms with Crippen molar-refractivity contribution >= 4 is 27.5 Å². The summed E-state index contributed by atoms with van der Waals surface area (Å²) in [6.07, 6.45) is 3.90. The predicted molar refractivity (Wildman–Crippen MR) is 58.6 cm³/mol. The highest BCUT2D eigenvalue weighted by Gasteiger charge is 2.07. The van der Waals surface area contributed by atoms with E-state index in [0.717, 1.165) is 10.1 Å². The molecular weight excluding hydrogens is 260 g/mol. The molecule has 4 nitrogen and oxygen atoms in total. The summed E-state index contributed by atoms with van der Waals surface area (Å²) < 4.78 is 7.40. The summed E-state index contributed by atoms with van der Waals surface area (Å²) in [6, 6.07) is 3.80. The Labute approximate surface area is 95.0 Å². The van der Waals surface area contributed by atoms with E-state index in [1.807, 2.05) is 28.9 Å². The summed E-state index contributed by atoms with van der Waals surface area (Å²) in [6.45, 7) is 0.